The first-order valence-corrected chi connectivity index (χ1v) is 9.51. The molecule has 3 heteroatoms. The van der Waals surface area contributed by atoms with Crippen LogP contribution in [0.5, 0.6) is 0 Å². The van der Waals surface area contributed by atoms with Crippen molar-refractivity contribution in [2.24, 2.45) is 0 Å². The van der Waals surface area contributed by atoms with Gasteiger partial charge in [-0.2, -0.15) is 0 Å². The SMILES string of the molecule is O=C(CCc1ccccc1)NCc1ccc(C[NH+]2CCCCC2)cc1. The van der Waals surface area contributed by atoms with Gasteiger partial charge in [-0.15, -0.1) is 0 Å². The fourth-order valence-corrected chi connectivity index (χ4v) is 3.48. The van der Waals surface area contributed by atoms with Crippen molar-refractivity contribution in [3.05, 3.63) is 71.3 Å². The molecule has 0 atom stereocenters. The summed E-state index contributed by atoms with van der Waals surface area (Å²) >= 11 is 0. The predicted molar refractivity (Wildman–Crippen MR) is 101 cm³/mol. The Hall–Kier alpha value is -2.13. The monoisotopic (exact) mass is 337 g/mol. The van der Waals surface area contributed by atoms with Crippen molar-refractivity contribution in [3.63, 3.8) is 0 Å². The van der Waals surface area contributed by atoms with Crippen LogP contribution >= 0.6 is 0 Å². The van der Waals surface area contributed by atoms with Crippen LogP contribution in [0.15, 0.2) is 54.6 Å². The van der Waals surface area contributed by atoms with Gasteiger partial charge in [0.15, 0.2) is 0 Å². The molecule has 132 valence electrons. The number of amides is 1. The molecule has 1 aliphatic heterocycles. The molecule has 2 aromatic carbocycles. The van der Waals surface area contributed by atoms with E-state index in [4.69, 9.17) is 0 Å². The van der Waals surface area contributed by atoms with Crippen molar-refractivity contribution < 1.29 is 9.69 Å². The van der Waals surface area contributed by atoms with Gasteiger partial charge < -0.3 is 10.2 Å². The second-order valence-electron chi connectivity index (χ2n) is 7.07. The minimum Gasteiger partial charge on any atom is -0.352 e. The first-order chi connectivity index (χ1) is 12.3. The molecule has 0 aromatic heterocycles. The summed E-state index contributed by atoms with van der Waals surface area (Å²) in [7, 11) is 0. The molecular formula is C22H29N2O+. The van der Waals surface area contributed by atoms with Crippen LogP contribution < -0.4 is 10.2 Å². The molecule has 3 rings (SSSR count). The number of rotatable bonds is 7. The fraction of sp³-hybridized carbons (Fsp3) is 0.409. The highest BCUT2D eigenvalue weighted by Gasteiger charge is 2.13. The summed E-state index contributed by atoms with van der Waals surface area (Å²) in [6, 6.07) is 18.9. The molecule has 0 spiro atoms. The third-order valence-electron chi connectivity index (χ3n) is 5.01. The number of hydrogen-bond acceptors (Lipinski definition) is 1. The number of carbonyl (C=O) groups excluding carboxylic acids is 1. The highest BCUT2D eigenvalue weighted by molar-refractivity contribution is 5.76. The zero-order valence-electron chi connectivity index (χ0n) is 15.0. The van der Waals surface area contributed by atoms with Crippen molar-refractivity contribution in [1.82, 2.24) is 5.32 Å². The molecule has 1 aliphatic rings. The molecule has 2 aromatic rings. The molecule has 3 nitrogen and oxygen atoms in total. The number of benzene rings is 2. The van der Waals surface area contributed by atoms with E-state index in [1.54, 1.807) is 4.90 Å². The van der Waals surface area contributed by atoms with E-state index in [0.717, 1.165) is 13.0 Å². The average molecular weight is 337 g/mol. The lowest BCUT2D eigenvalue weighted by Crippen LogP contribution is -3.11. The number of carbonyl (C=O) groups is 1. The van der Waals surface area contributed by atoms with Crippen molar-refractivity contribution >= 4 is 5.91 Å². The van der Waals surface area contributed by atoms with E-state index in [2.05, 4.69) is 41.7 Å². The van der Waals surface area contributed by atoms with E-state index in [1.807, 2.05) is 18.2 Å². The van der Waals surface area contributed by atoms with Crippen LogP contribution in [0.2, 0.25) is 0 Å². The molecule has 1 heterocycles. The smallest absolute Gasteiger partial charge is 0.220 e. The van der Waals surface area contributed by atoms with Crippen LogP contribution in [0, 0.1) is 0 Å². The maximum absolute atomic E-state index is 12.0. The molecule has 0 radical (unpaired) electrons. The van der Waals surface area contributed by atoms with Gasteiger partial charge in [0.2, 0.25) is 5.91 Å². The van der Waals surface area contributed by atoms with Crippen LogP contribution in [0.25, 0.3) is 0 Å². The Balaban J connectivity index is 1.39. The number of aryl methyl sites for hydroxylation is 1. The van der Waals surface area contributed by atoms with Crippen LogP contribution in [0.3, 0.4) is 0 Å². The third kappa shape index (κ3) is 6.02. The molecule has 25 heavy (non-hydrogen) atoms. The van der Waals surface area contributed by atoms with Gasteiger partial charge in [0.1, 0.15) is 6.54 Å². The first-order valence-electron chi connectivity index (χ1n) is 9.51. The van der Waals surface area contributed by atoms with Crippen LogP contribution in [0.1, 0.15) is 42.4 Å². The highest BCUT2D eigenvalue weighted by Crippen LogP contribution is 2.06. The van der Waals surface area contributed by atoms with E-state index in [9.17, 15) is 4.79 Å². The Morgan fingerprint density at radius 3 is 2.24 bits per heavy atom. The summed E-state index contributed by atoms with van der Waals surface area (Å²) in [6.07, 6.45) is 5.46. The molecule has 0 unspecified atom stereocenters. The summed E-state index contributed by atoms with van der Waals surface area (Å²) in [5, 5.41) is 3.03. The van der Waals surface area contributed by atoms with E-state index in [0.29, 0.717) is 13.0 Å². The lowest BCUT2D eigenvalue weighted by molar-refractivity contribution is -0.918. The summed E-state index contributed by atoms with van der Waals surface area (Å²) in [6.45, 7) is 4.35. The molecule has 2 N–H and O–H groups in total. The Bertz CT molecular complexity index is 645. The zero-order chi connectivity index (χ0) is 17.3. The standard InChI is InChI=1S/C22H28N2O/c25-22(14-13-19-7-3-1-4-8-19)23-17-20-9-11-21(12-10-20)18-24-15-5-2-6-16-24/h1,3-4,7-12H,2,5-6,13-18H2,(H,23,25)/p+1. The minimum atomic E-state index is 0.116. The normalized spacial score (nSPS) is 15.0. The van der Waals surface area contributed by atoms with E-state index >= 15 is 0 Å². The van der Waals surface area contributed by atoms with Gasteiger partial charge in [-0.25, -0.2) is 0 Å². The lowest BCUT2D eigenvalue weighted by Gasteiger charge is -2.23. The van der Waals surface area contributed by atoms with Crippen molar-refractivity contribution in [2.45, 2.75) is 45.2 Å². The minimum absolute atomic E-state index is 0.116. The lowest BCUT2D eigenvalue weighted by atomic mass is 10.1. The highest BCUT2D eigenvalue weighted by atomic mass is 16.1. The van der Waals surface area contributed by atoms with E-state index in [1.165, 1.54) is 49.0 Å². The van der Waals surface area contributed by atoms with Gasteiger partial charge in [-0.3, -0.25) is 4.79 Å². The topological polar surface area (TPSA) is 33.5 Å². The zero-order valence-corrected chi connectivity index (χ0v) is 15.0. The van der Waals surface area contributed by atoms with E-state index < -0.39 is 0 Å². The molecule has 1 fully saturated rings. The molecular weight excluding hydrogens is 308 g/mol. The first kappa shape index (κ1) is 17.7. The van der Waals surface area contributed by atoms with Gasteiger partial charge in [-0.05, 0) is 36.8 Å². The molecule has 0 bridgehead atoms. The van der Waals surface area contributed by atoms with Crippen LogP contribution in [-0.2, 0) is 24.3 Å². The number of likely N-dealkylation sites (tertiary alicyclic amines) is 1. The van der Waals surface area contributed by atoms with E-state index in [-0.39, 0.29) is 5.91 Å². The van der Waals surface area contributed by atoms with Gasteiger partial charge >= 0.3 is 0 Å². The molecule has 0 aliphatic carbocycles. The van der Waals surface area contributed by atoms with Crippen molar-refractivity contribution in [2.75, 3.05) is 13.1 Å². The largest absolute Gasteiger partial charge is 0.352 e. The molecule has 0 saturated carbocycles. The Morgan fingerprint density at radius 1 is 0.840 bits per heavy atom. The number of hydrogen-bond donors (Lipinski definition) is 2. The average Bonchev–Trinajstić information content (AvgIpc) is 2.67. The Labute approximate surface area is 151 Å². The molecule has 1 amide bonds. The van der Waals surface area contributed by atoms with Crippen molar-refractivity contribution in [3.8, 4) is 0 Å². The summed E-state index contributed by atoms with van der Waals surface area (Å²) in [5.74, 6) is 0.116. The van der Waals surface area contributed by atoms with Gasteiger partial charge in [0.05, 0.1) is 13.1 Å². The number of nitrogens with one attached hydrogen (secondary N) is 2. The fourth-order valence-electron chi connectivity index (χ4n) is 3.48. The van der Waals surface area contributed by atoms with Gasteiger partial charge in [0.25, 0.3) is 0 Å². The number of piperidine rings is 1. The van der Waals surface area contributed by atoms with Gasteiger partial charge in [0, 0.05) is 18.5 Å². The van der Waals surface area contributed by atoms with Crippen molar-refractivity contribution in [1.29, 1.82) is 0 Å². The third-order valence-corrected chi connectivity index (χ3v) is 5.01. The summed E-state index contributed by atoms with van der Waals surface area (Å²) in [5.41, 5.74) is 3.78. The second-order valence-corrected chi connectivity index (χ2v) is 7.07. The Morgan fingerprint density at radius 2 is 1.52 bits per heavy atom. The second kappa shape index (κ2) is 9.38. The maximum atomic E-state index is 12.0. The molecule has 1 saturated heterocycles. The predicted octanol–water partition coefficient (Wildman–Crippen LogP) is 2.50. The number of quaternary nitrogens is 1. The summed E-state index contributed by atoms with van der Waals surface area (Å²) < 4.78 is 0. The van der Waals surface area contributed by atoms with Crippen LogP contribution in [-0.4, -0.2) is 19.0 Å². The Kier molecular flexibility index (Phi) is 6.63. The maximum Gasteiger partial charge on any atom is 0.220 e. The van der Waals surface area contributed by atoms with Crippen LogP contribution in [0.4, 0.5) is 0 Å². The van der Waals surface area contributed by atoms with Gasteiger partial charge in [-0.1, -0.05) is 54.6 Å². The summed E-state index contributed by atoms with van der Waals surface area (Å²) in [4.78, 5) is 13.7. The quantitative estimate of drug-likeness (QED) is 0.800.